The van der Waals surface area contributed by atoms with Gasteiger partial charge in [0, 0.05) is 32.1 Å². The second-order valence-electron chi connectivity index (χ2n) is 6.85. The normalized spacial score (nSPS) is 22.6. The zero-order valence-electron chi connectivity index (χ0n) is 14.0. The number of amides is 2. The molecular weight excluding hydrogens is 294 g/mol. The second kappa shape index (κ2) is 6.72. The lowest BCUT2D eigenvalue weighted by atomic mass is 9.94. The van der Waals surface area contributed by atoms with E-state index in [0.29, 0.717) is 37.7 Å². The molecule has 0 unspecified atom stereocenters. The fourth-order valence-electron chi connectivity index (χ4n) is 3.76. The number of hydrogen-bond donors (Lipinski definition) is 0. The van der Waals surface area contributed by atoms with Crippen LogP contribution >= 0.6 is 0 Å². The van der Waals surface area contributed by atoms with E-state index in [9.17, 15) is 9.59 Å². The molecule has 23 heavy (non-hydrogen) atoms. The summed E-state index contributed by atoms with van der Waals surface area (Å²) in [4.78, 5) is 28.5. The van der Waals surface area contributed by atoms with E-state index in [-0.39, 0.29) is 17.7 Å². The molecule has 1 aromatic rings. The summed E-state index contributed by atoms with van der Waals surface area (Å²) < 4.78 is 5.18. The first-order valence-corrected chi connectivity index (χ1v) is 8.51. The van der Waals surface area contributed by atoms with Crippen LogP contribution in [0.4, 0.5) is 0 Å². The monoisotopic (exact) mass is 319 g/mol. The Balaban J connectivity index is 1.60. The van der Waals surface area contributed by atoms with Gasteiger partial charge in [-0.25, -0.2) is 0 Å². The molecule has 1 atom stereocenters. The van der Waals surface area contributed by atoms with Crippen LogP contribution in [0.1, 0.15) is 50.0 Å². The molecule has 2 fully saturated rings. The molecule has 6 heteroatoms. The minimum Gasteiger partial charge on any atom is -0.359 e. The maximum Gasteiger partial charge on any atom is 0.227 e. The van der Waals surface area contributed by atoms with E-state index in [4.69, 9.17) is 4.52 Å². The molecule has 126 valence electrons. The van der Waals surface area contributed by atoms with Crippen LogP contribution in [0.15, 0.2) is 10.6 Å². The van der Waals surface area contributed by atoms with E-state index in [0.717, 1.165) is 18.5 Å². The number of hydrogen-bond acceptors (Lipinski definition) is 4. The van der Waals surface area contributed by atoms with Gasteiger partial charge in [-0.2, -0.15) is 0 Å². The van der Waals surface area contributed by atoms with Gasteiger partial charge in [0.25, 0.3) is 0 Å². The van der Waals surface area contributed by atoms with Gasteiger partial charge < -0.3 is 14.3 Å². The SMILES string of the molecule is Cc1cc(CN(C)C(=O)[C@@H]2CCC(=O)N(C3CCCC3)C2)on1. The molecule has 0 radical (unpaired) electrons. The van der Waals surface area contributed by atoms with Crippen molar-refractivity contribution in [1.82, 2.24) is 15.0 Å². The molecule has 1 saturated carbocycles. The lowest BCUT2D eigenvalue weighted by molar-refractivity contribution is -0.144. The highest BCUT2D eigenvalue weighted by Gasteiger charge is 2.36. The predicted octanol–water partition coefficient (Wildman–Crippen LogP) is 2.12. The van der Waals surface area contributed by atoms with E-state index in [2.05, 4.69) is 5.16 Å². The maximum atomic E-state index is 12.7. The molecule has 1 saturated heterocycles. The zero-order chi connectivity index (χ0) is 16.4. The van der Waals surface area contributed by atoms with Gasteiger partial charge in [-0.05, 0) is 26.2 Å². The molecule has 2 heterocycles. The molecule has 0 aromatic carbocycles. The van der Waals surface area contributed by atoms with Gasteiger partial charge in [-0.15, -0.1) is 0 Å². The van der Waals surface area contributed by atoms with Crippen molar-refractivity contribution in [2.75, 3.05) is 13.6 Å². The molecule has 3 rings (SSSR count). The standard InChI is InChI=1S/C17H25N3O3/c1-12-9-15(23-18-12)11-19(2)17(22)13-7-8-16(21)20(10-13)14-5-3-4-6-14/h9,13-14H,3-8,10-11H2,1-2H3/t13-/m1/s1. The Morgan fingerprint density at radius 3 is 2.78 bits per heavy atom. The molecule has 2 aliphatic rings. The minimum absolute atomic E-state index is 0.0922. The summed E-state index contributed by atoms with van der Waals surface area (Å²) in [6, 6.07) is 2.19. The Hall–Kier alpha value is -1.85. The molecule has 6 nitrogen and oxygen atoms in total. The van der Waals surface area contributed by atoms with Crippen LogP contribution in [0.5, 0.6) is 0 Å². The summed E-state index contributed by atoms with van der Waals surface area (Å²) in [5, 5.41) is 3.85. The average molecular weight is 319 g/mol. The number of carbonyl (C=O) groups excluding carboxylic acids is 2. The molecule has 1 aliphatic carbocycles. The highest BCUT2D eigenvalue weighted by molar-refractivity contribution is 5.84. The first-order valence-electron chi connectivity index (χ1n) is 8.51. The van der Waals surface area contributed by atoms with E-state index < -0.39 is 0 Å². The van der Waals surface area contributed by atoms with Crippen molar-refractivity contribution < 1.29 is 14.1 Å². The van der Waals surface area contributed by atoms with Crippen molar-refractivity contribution in [1.29, 1.82) is 0 Å². The van der Waals surface area contributed by atoms with Crippen molar-refractivity contribution in [3.8, 4) is 0 Å². The van der Waals surface area contributed by atoms with Crippen LogP contribution in [-0.4, -0.2) is 46.4 Å². The van der Waals surface area contributed by atoms with E-state index in [1.54, 1.807) is 11.9 Å². The maximum absolute atomic E-state index is 12.7. The van der Waals surface area contributed by atoms with Crippen LogP contribution in [0.2, 0.25) is 0 Å². The molecular formula is C17H25N3O3. The van der Waals surface area contributed by atoms with Crippen molar-refractivity contribution in [3.05, 3.63) is 17.5 Å². The third-order valence-electron chi connectivity index (χ3n) is 5.00. The highest BCUT2D eigenvalue weighted by Crippen LogP contribution is 2.29. The van der Waals surface area contributed by atoms with Crippen LogP contribution in [0, 0.1) is 12.8 Å². The Labute approximate surface area is 136 Å². The number of nitrogens with zero attached hydrogens (tertiary/aromatic N) is 3. The third-order valence-corrected chi connectivity index (χ3v) is 5.00. The number of aryl methyl sites for hydroxylation is 1. The summed E-state index contributed by atoms with van der Waals surface area (Å²) in [5.74, 6) is 0.907. The largest absolute Gasteiger partial charge is 0.359 e. The summed E-state index contributed by atoms with van der Waals surface area (Å²) in [6.45, 7) is 2.86. The number of piperidine rings is 1. The minimum atomic E-state index is -0.0951. The molecule has 0 N–H and O–H groups in total. The zero-order valence-corrected chi connectivity index (χ0v) is 14.0. The van der Waals surface area contributed by atoms with Crippen LogP contribution in [0.3, 0.4) is 0 Å². The van der Waals surface area contributed by atoms with Crippen molar-refractivity contribution in [2.24, 2.45) is 5.92 Å². The van der Waals surface area contributed by atoms with Gasteiger partial charge in [0.05, 0.1) is 18.2 Å². The number of aromatic nitrogens is 1. The number of carbonyl (C=O) groups is 2. The summed E-state index contributed by atoms with van der Waals surface area (Å²) in [7, 11) is 1.79. The van der Waals surface area contributed by atoms with Gasteiger partial charge in [-0.1, -0.05) is 18.0 Å². The predicted molar refractivity (Wildman–Crippen MR) is 84.4 cm³/mol. The molecule has 1 aliphatic heterocycles. The first kappa shape index (κ1) is 16.0. The van der Waals surface area contributed by atoms with Crippen molar-refractivity contribution in [2.45, 2.75) is 58.0 Å². The van der Waals surface area contributed by atoms with Gasteiger partial charge >= 0.3 is 0 Å². The fraction of sp³-hybridized carbons (Fsp3) is 0.706. The van der Waals surface area contributed by atoms with Crippen LogP contribution in [-0.2, 0) is 16.1 Å². The van der Waals surface area contributed by atoms with Crippen LogP contribution < -0.4 is 0 Å². The summed E-state index contributed by atoms with van der Waals surface area (Å²) in [6.07, 6.45) is 5.69. The van der Waals surface area contributed by atoms with E-state index >= 15 is 0 Å². The Kier molecular flexibility index (Phi) is 4.68. The molecule has 0 bridgehead atoms. The lowest BCUT2D eigenvalue weighted by Gasteiger charge is -2.37. The Morgan fingerprint density at radius 2 is 2.13 bits per heavy atom. The van der Waals surface area contributed by atoms with E-state index in [1.165, 1.54) is 12.8 Å². The smallest absolute Gasteiger partial charge is 0.227 e. The van der Waals surface area contributed by atoms with E-state index in [1.807, 2.05) is 17.9 Å². The Bertz CT molecular complexity index is 577. The topological polar surface area (TPSA) is 66.7 Å². The first-order chi connectivity index (χ1) is 11.0. The number of rotatable bonds is 4. The van der Waals surface area contributed by atoms with Gasteiger partial charge in [0.1, 0.15) is 0 Å². The molecule has 0 spiro atoms. The summed E-state index contributed by atoms with van der Waals surface area (Å²) >= 11 is 0. The quantitative estimate of drug-likeness (QED) is 0.852. The third kappa shape index (κ3) is 3.57. The highest BCUT2D eigenvalue weighted by atomic mass is 16.5. The fourth-order valence-corrected chi connectivity index (χ4v) is 3.76. The molecule has 2 amide bonds. The van der Waals surface area contributed by atoms with Gasteiger partial charge in [-0.3, -0.25) is 9.59 Å². The lowest BCUT2D eigenvalue weighted by Crippen LogP contribution is -2.49. The number of likely N-dealkylation sites (tertiary alicyclic amines) is 1. The van der Waals surface area contributed by atoms with Crippen molar-refractivity contribution in [3.63, 3.8) is 0 Å². The second-order valence-corrected chi connectivity index (χ2v) is 6.85. The van der Waals surface area contributed by atoms with Gasteiger partial charge in [0.2, 0.25) is 11.8 Å². The van der Waals surface area contributed by atoms with Gasteiger partial charge in [0.15, 0.2) is 5.76 Å². The van der Waals surface area contributed by atoms with Crippen LogP contribution in [0.25, 0.3) is 0 Å². The molecule has 1 aromatic heterocycles. The average Bonchev–Trinajstić information content (AvgIpc) is 3.19. The summed E-state index contributed by atoms with van der Waals surface area (Å²) in [5.41, 5.74) is 0.816. The van der Waals surface area contributed by atoms with Crippen molar-refractivity contribution >= 4 is 11.8 Å². The Morgan fingerprint density at radius 1 is 1.39 bits per heavy atom.